The number of nitrogens with zero attached hydrogens (tertiary/aromatic N) is 5. The summed E-state index contributed by atoms with van der Waals surface area (Å²) in [5, 5.41) is 9.95. The summed E-state index contributed by atoms with van der Waals surface area (Å²) in [6, 6.07) is 0. The molecule has 2 atom stereocenters. The van der Waals surface area contributed by atoms with Crippen molar-refractivity contribution in [1.29, 1.82) is 0 Å². The predicted octanol–water partition coefficient (Wildman–Crippen LogP) is 1.96. The van der Waals surface area contributed by atoms with Crippen molar-refractivity contribution in [3.63, 3.8) is 0 Å². The number of ether oxygens (including phenoxy) is 2. The van der Waals surface area contributed by atoms with Crippen molar-refractivity contribution in [3.05, 3.63) is 11.6 Å². The van der Waals surface area contributed by atoms with Gasteiger partial charge in [0.2, 0.25) is 0 Å². The summed E-state index contributed by atoms with van der Waals surface area (Å²) in [6.07, 6.45) is 2.16. The molecular formula is C16H22ClN5O3. The number of anilines is 1. The number of hydrogen-bond donors (Lipinski definition) is 1. The van der Waals surface area contributed by atoms with Crippen molar-refractivity contribution >= 4 is 28.8 Å². The van der Waals surface area contributed by atoms with Crippen molar-refractivity contribution < 1.29 is 14.6 Å². The number of hydrogen-bond acceptors (Lipinski definition) is 7. The molecule has 0 aliphatic carbocycles. The lowest BCUT2D eigenvalue weighted by Crippen LogP contribution is -2.37. The first-order chi connectivity index (χ1) is 12.1. The van der Waals surface area contributed by atoms with Gasteiger partial charge in [-0.15, -0.1) is 0 Å². The number of imidazole rings is 1. The zero-order valence-corrected chi connectivity index (χ0v) is 14.9. The second kappa shape index (κ2) is 7.03. The Balaban J connectivity index is 1.85. The summed E-state index contributed by atoms with van der Waals surface area (Å²) in [5.41, 5.74) is 1.12. The highest BCUT2D eigenvalue weighted by Gasteiger charge is 2.27. The molecule has 0 amide bonds. The van der Waals surface area contributed by atoms with Crippen molar-refractivity contribution in [2.24, 2.45) is 0 Å². The van der Waals surface area contributed by atoms with Gasteiger partial charge in [-0.1, -0.05) is 0 Å². The van der Waals surface area contributed by atoms with E-state index in [4.69, 9.17) is 26.2 Å². The number of rotatable bonds is 3. The fourth-order valence-electron chi connectivity index (χ4n) is 3.31. The maximum Gasteiger partial charge on any atom is 0.185 e. The third-order valence-electron chi connectivity index (χ3n) is 4.63. The van der Waals surface area contributed by atoms with Gasteiger partial charge in [0.15, 0.2) is 23.1 Å². The van der Waals surface area contributed by atoms with E-state index in [1.165, 1.54) is 4.09 Å². The molecule has 0 spiro atoms. The molecule has 2 aliphatic rings. The summed E-state index contributed by atoms with van der Waals surface area (Å²) < 4.78 is 12.7. The van der Waals surface area contributed by atoms with Crippen LogP contribution in [0.25, 0.3) is 11.2 Å². The molecule has 2 unspecified atom stereocenters. The van der Waals surface area contributed by atoms with E-state index in [2.05, 4.69) is 14.9 Å². The second-order valence-corrected chi connectivity index (χ2v) is 6.80. The SMILES string of the molecule is CC(O)c1nc2nc(C3CCCCO3)nc(N3CCOCC3)c2n1Cl. The number of aliphatic hydroxyl groups excluding tert-OH is 1. The number of aliphatic hydroxyl groups is 1. The van der Waals surface area contributed by atoms with Gasteiger partial charge in [0.1, 0.15) is 17.7 Å². The monoisotopic (exact) mass is 367 g/mol. The molecule has 2 saturated heterocycles. The van der Waals surface area contributed by atoms with Crippen LogP contribution in [0, 0.1) is 0 Å². The predicted molar refractivity (Wildman–Crippen MR) is 92.8 cm³/mol. The Hall–Kier alpha value is -1.48. The summed E-state index contributed by atoms with van der Waals surface area (Å²) in [5.74, 6) is 1.73. The Bertz CT molecular complexity index is 754. The normalized spacial score (nSPS) is 23.2. The Morgan fingerprint density at radius 3 is 2.64 bits per heavy atom. The van der Waals surface area contributed by atoms with E-state index in [9.17, 15) is 5.11 Å². The van der Waals surface area contributed by atoms with E-state index in [1.807, 2.05) is 0 Å². The van der Waals surface area contributed by atoms with Gasteiger partial charge in [0.25, 0.3) is 0 Å². The molecule has 2 aromatic rings. The van der Waals surface area contributed by atoms with Crippen LogP contribution in [0.3, 0.4) is 0 Å². The molecule has 2 aliphatic heterocycles. The third kappa shape index (κ3) is 3.19. The zero-order valence-electron chi connectivity index (χ0n) is 14.2. The maximum absolute atomic E-state index is 9.95. The average molecular weight is 368 g/mol. The Labute approximate surface area is 150 Å². The standard InChI is InChI=1S/C16H22ClN5O3/c1-10(23)15-20-14-12(22(15)17)16(21-5-8-24-9-6-21)19-13(18-14)11-4-2-3-7-25-11/h10-11,23H,2-9H2,1H3. The summed E-state index contributed by atoms with van der Waals surface area (Å²) in [6.45, 7) is 5.09. The van der Waals surface area contributed by atoms with Crippen LogP contribution in [0.1, 0.15) is 50.0 Å². The molecule has 25 heavy (non-hydrogen) atoms. The summed E-state index contributed by atoms with van der Waals surface area (Å²) in [4.78, 5) is 16.0. The van der Waals surface area contributed by atoms with Crippen molar-refractivity contribution in [1.82, 2.24) is 19.0 Å². The largest absolute Gasteiger partial charge is 0.385 e. The Morgan fingerprint density at radius 1 is 1.16 bits per heavy atom. The van der Waals surface area contributed by atoms with Crippen molar-refractivity contribution in [3.8, 4) is 0 Å². The zero-order chi connectivity index (χ0) is 17.4. The minimum Gasteiger partial charge on any atom is -0.385 e. The van der Waals surface area contributed by atoms with Crippen LogP contribution < -0.4 is 4.90 Å². The van der Waals surface area contributed by atoms with Gasteiger partial charge in [-0.25, -0.2) is 19.0 Å². The van der Waals surface area contributed by atoms with Crippen LogP contribution in [0.15, 0.2) is 0 Å². The molecule has 2 aromatic heterocycles. The molecule has 0 saturated carbocycles. The van der Waals surface area contributed by atoms with Crippen LogP contribution in [0.5, 0.6) is 0 Å². The molecule has 1 N–H and O–H groups in total. The smallest absolute Gasteiger partial charge is 0.185 e. The molecule has 4 rings (SSSR count). The van der Waals surface area contributed by atoms with Crippen molar-refractivity contribution in [2.45, 2.75) is 38.4 Å². The van der Waals surface area contributed by atoms with Crippen LogP contribution in [-0.4, -0.2) is 57.1 Å². The molecule has 8 nitrogen and oxygen atoms in total. The molecule has 4 heterocycles. The van der Waals surface area contributed by atoms with Gasteiger partial charge in [-0.05, 0) is 26.2 Å². The van der Waals surface area contributed by atoms with Crippen LogP contribution in [0.2, 0.25) is 0 Å². The maximum atomic E-state index is 9.95. The molecule has 0 radical (unpaired) electrons. The van der Waals surface area contributed by atoms with Gasteiger partial charge in [0.05, 0.1) is 13.2 Å². The highest BCUT2D eigenvalue weighted by atomic mass is 35.5. The number of morpholine rings is 1. The third-order valence-corrected chi connectivity index (χ3v) is 4.98. The average Bonchev–Trinajstić information content (AvgIpc) is 2.99. The molecule has 9 heteroatoms. The van der Waals surface area contributed by atoms with E-state index >= 15 is 0 Å². The molecule has 0 bridgehead atoms. The van der Waals surface area contributed by atoms with Crippen LogP contribution in [0.4, 0.5) is 5.82 Å². The van der Waals surface area contributed by atoms with Gasteiger partial charge in [0, 0.05) is 31.5 Å². The lowest BCUT2D eigenvalue weighted by Gasteiger charge is -2.29. The number of halogens is 1. The van der Waals surface area contributed by atoms with E-state index in [0.717, 1.165) is 44.8 Å². The Morgan fingerprint density at radius 2 is 1.96 bits per heavy atom. The van der Waals surface area contributed by atoms with E-state index in [1.54, 1.807) is 6.92 Å². The van der Waals surface area contributed by atoms with Gasteiger partial charge >= 0.3 is 0 Å². The first-order valence-corrected chi connectivity index (χ1v) is 9.07. The van der Waals surface area contributed by atoms with Gasteiger partial charge in [-0.3, -0.25) is 0 Å². The van der Waals surface area contributed by atoms with Crippen LogP contribution >= 0.6 is 11.8 Å². The summed E-state index contributed by atoms with van der Waals surface area (Å²) in [7, 11) is 0. The summed E-state index contributed by atoms with van der Waals surface area (Å²) >= 11 is 6.44. The molecule has 0 aromatic carbocycles. The topological polar surface area (TPSA) is 85.5 Å². The highest BCUT2D eigenvalue weighted by Crippen LogP contribution is 2.33. The number of fused-ring (bicyclic) bond motifs is 1. The van der Waals surface area contributed by atoms with Gasteiger partial charge in [-0.2, -0.15) is 0 Å². The van der Waals surface area contributed by atoms with Gasteiger partial charge < -0.3 is 19.5 Å². The van der Waals surface area contributed by atoms with E-state index in [0.29, 0.717) is 36.0 Å². The minimum absolute atomic E-state index is 0.117. The lowest BCUT2D eigenvalue weighted by atomic mass is 10.1. The fourth-order valence-corrected chi connectivity index (χ4v) is 3.64. The molecule has 2 fully saturated rings. The van der Waals surface area contributed by atoms with Crippen molar-refractivity contribution in [2.75, 3.05) is 37.8 Å². The highest BCUT2D eigenvalue weighted by molar-refractivity contribution is 6.20. The first-order valence-electron chi connectivity index (χ1n) is 8.74. The minimum atomic E-state index is -0.793. The Kier molecular flexibility index (Phi) is 4.77. The van der Waals surface area contributed by atoms with E-state index in [-0.39, 0.29) is 6.10 Å². The fraction of sp³-hybridized carbons (Fsp3) is 0.688. The van der Waals surface area contributed by atoms with Crippen LogP contribution in [-0.2, 0) is 9.47 Å². The van der Waals surface area contributed by atoms with E-state index < -0.39 is 6.10 Å². The first kappa shape index (κ1) is 17.0. The number of aromatic nitrogens is 4. The second-order valence-electron chi connectivity index (χ2n) is 6.46. The molecular weight excluding hydrogens is 346 g/mol. The molecule has 136 valence electrons. The quantitative estimate of drug-likeness (QED) is 0.887. The lowest BCUT2D eigenvalue weighted by molar-refractivity contribution is 0.00966.